The summed E-state index contributed by atoms with van der Waals surface area (Å²) in [5.41, 5.74) is 0. The number of carbonyl (C=O) groups excluding carboxylic acids is 1. The molecule has 2 aliphatic rings. The van der Waals surface area contributed by atoms with Crippen LogP contribution in [-0.2, 0) is 4.79 Å². The Morgan fingerprint density at radius 3 is 2.64 bits per heavy atom. The van der Waals surface area contributed by atoms with E-state index in [-0.39, 0.29) is 36.8 Å². The molecule has 1 amide bonds. The molecule has 0 bridgehead atoms. The SMILES string of the molecule is Cl.Cl.O=C(CCC1CCNCC1)NC1CCCN(c2ncccn2)C1. The van der Waals surface area contributed by atoms with Crippen LogP contribution in [0.5, 0.6) is 0 Å². The number of aromatic nitrogens is 2. The molecule has 0 aromatic carbocycles. The minimum Gasteiger partial charge on any atom is -0.352 e. The third-order valence-corrected chi connectivity index (χ3v) is 4.86. The molecule has 142 valence electrons. The number of amides is 1. The highest BCUT2D eigenvalue weighted by atomic mass is 35.5. The average Bonchev–Trinajstić information content (AvgIpc) is 2.62. The van der Waals surface area contributed by atoms with Crippen LogP contribution in [0.4, 0.5) is 5.95 Å². The Hall–Kier alpha value is -1.11. The van der Waals surface area contributed by atoms with Crippen LogP contribution >= 0.6 is 24.8 Å². The largest absolute Gasteiger partial charge is 0.352 e. The molecule has 0 saturated carbocycles. The highest BCUT2D eigenvalue weighted by Gasteiger charge is 2.23. The lowest BCUT2D eigenvalue weighted by molar-refractivity contribution is -0.122. The van der Waals surface area contributed by atoms with E-state index in [1.54, 1.807) is 12.4 Å². The summed E-state index contributed by atoms with van der Waals surface area (Å²) in [5, 5.41) is 6.58. The molecule has 6 nitrogen and oxygen atoms in total. The number of piperidine rings is 2. The molecule has 3 heterocycles. The minimum atomic E-state index is 0. The van der Waals surface area contributed by atoms with Crippen molar-refractivity contribution in [3.8, 4) is 0 Å². The van der Waals surface area contributed by atoms with Crippen molar-refractivity contribution in [2.45, 2.75) is 44.6 Å². The highest BCUT2D eigenvalue weighted by Crippen LogP contribution is 2.18. The van der Waals surface area contributed by atoms with Crippen molar-refractivity contribution < 1.29 is 4.79 Å². The van der Waals surface area contributed by atoms with Crippen LogP contribution < -0.4 is 15.5 Å². The number of nitrogens with one attached hydrogen (secondary N) is 2. The number of nitrogens with zero attached hydrogens (tertiary/aromatic N) is 3. The van der Waals surface area contributed by atoms with E-state index in [2.05, 4.69) is 25.5 Å². The number of anilines is 1. The molecule has 1 aromatic heterocycles. The number of halogens is 2. The maximum atomic E-state index is 12.2. The number of carbonyl (C=O) groups is 1. The van der Waals surface area contributed by atoms with E-state index < -0.39 is 0 Å². The summed E-state index contributed by atoms with van der Waals surface area (Å²) in [4.78, 5) is 23.0. The zero-order chi connectivity index (χ0) is 15.9. The van der Waals surface area contributed by atoms with Crippen molar-refractivity contribution in [2.75, 3.05) is 31.1 Å². The minimum absolute atomic E-state index is 0. The second-order valence-corrected chi connectivity index (χ2v) is 6.63. The molecular weight excluding hydrogens is 361 g/mol. The van der Waals surface area contributed by atoms with Crippen molar-refractivity contribution in [2.24, 2.45) is 5.92 Å². The zero-order valence-corrected chi connectivity index (χ0v) is 16.2. The quantitative estimate of drug-likeness (QED) is 0.807. The van der Waals surface area contributed by atoms with Crippen LogP contribution in [0.3, 0.4) is 0 Å². The van der Waals surface area contributed by atoms with E-state index in [0.717, 1.165) is 51.4 Å². The molecule has 2 aliphatic heterocycles. The fraction of sp³-hybridized carbons (Fsp3) is 0.706. The Morgan fingerprint density at radius 1 is 1.20 bits per heavy atom. The highest BCUT2D eigenvalue weighted by molar-refractivity contribution is 5.85. The first-order valence-electron chi connectivity index (χ1n) is 8.83. The summed E-state index contributed by atoms with van der Waals surface area (Å²) in [6, 6.07) is 2.04. The summed E-state index contributed by atoms with van der Waals surface area (Å²) >= 11 is 0. The molecular formula is C17H29Cl2N5O. The van der Waals surface area contributed by atoms with Gasteiger partial charge in [-0.2, -0.15) is 0 Å². The van der Waals surface area contributed by atoms with Gasteiger partial charge in [0.25, 0.3) is 0 Å². The first-order chi connectivity index (χ1) is 11.3. The van der Waals surface area contributed by atoms with Gasteiger partial charge in [0, 0.05) is 37.9 Å². The lowest BCUT2D eigenvalue weighted by Gasteiger charge is -2.33. The fourth-order valence-electron chi connectivity index (χ4n) is 3.54. The number of hydrogen-bond donors (Lipinski definition) is 2. The van der Waals surface area contributed by atoms with Gasteiger partial charge in [0.1, 0.15) is 0 Å². The molecule has 2 fully saturated rings. The smallest absolute Gasteiger partial charge is 0.225 e. The molecule has 2 saturated heterocycles. The Kier molecular flexibility index (Phi) is 10.1. The Bertz CT molecular complexity index is 499. The van der Waals surface area contributed by atoms with Gasteiger partial charge in [0.05, 0.1) is 0 Å². The molecule has 3 rings (SSSR count). The lowest BCUT2D eigenvalue weighted by Crippen LogP contribution is -2.48. The van der Waals surface area contributed by atoms with Gasteiger partial charge < -0.3 is 15.5 Å². The second-order valence-electron chi connectivity index (χ2n) is 6.63. The topological polar surface area (TPSA) is 70.2 Å². The Morgan fingerprint density at radius 2 is 1.92 bits per heavy atom. The van der Waals surface area contributed by atoms with Gasteiger partial charge >= 0.3 is 0 Å². The Balaban J connectivity index is 0.00000156. The molecule has 1 aromatic rings. The summed E-state index contributed by atoms with van der Waals surface area (Å²) in [7, 11) is 0. The van der Waals surface area contributed by atoms with Gasteiger partial charge in [0.2, 0.25) is 11.9 Å². The first kappa shape index (κ1) is 21.9. The summed E-state index contributed by atoms with van der Waals surface area (Å²) < 4.78 is 0. The average molecular weight is 390 g/mol. The van der Waals surface area contributed by atoms with Crippen molar-refractivity contribution in [3.05, 3.63) is 18.5 Å². The molecule has 0 aliphatic carbocycles. The van der Waals surface area contributed by atoms with E-state index in [0.29, 0.717) is 12.3 Å². The van der Waals surface area contributed by atoms with Crippen molar-refractivity contribution in [1.82, 2.24) is 20.6 Å². The summed E-state index contributed by atoms with van der Waals surface area (Å²) in [6.45, 7) is 3.97. The number of hydrogen-bond acceptors (Lipinski definition) is 5. The maximum Gasteiger partial charge on any atom is 0.225 e. The van der Waals surface area contributed by atoms with Crippen LogP contribution in [0.1, 0.15) is 38.5 Å². The molecule has 1 unspecified atom stereocenters. The maximum absolute atomic E-state index is 12.2. The van der Waals surface area contributed by atoms with E-state index in [1.807, 2.05) is 6.07 Å². The molecule has 0 spiro atoms. The first-order valence-corrected chi connectivity index (χ1v) is 8.83. The van der Waals surface area contributed by atoms with Crippen LogP contribution in [0, 0.1) is 5.92 Å². The molecule has 25 heavy (non-hydrogen) atoms. The van der Waals surface area contributed by atoms with Gasteiger partial charge in [-0.25, -0.2) is 9.97 Å². The summed E-state index contributed by atoms with van der Waals surface area (Å²) in [5.74, 6) is 1.67. The third-order valence-electron chi connectivity index (χ3n) is 4.86. The molecule has 1 atom stereocenters. The monoisotopic (exact) mass is 389 g/mol. The van der Waals surface area contributed by atoms with E-state index >= 15 is 0 Å². The van der Waals surface area contributed by atoms with E-state index in [4.69, 9.17) is 0 Å². The van der Waals surface area contributed by atoms with Gasteiger partial charge in [-0.1, -0.05) is 0 Å². The van der Waals surface area contributed by atoms with Gasteiger partial charge in [-0.15, -0.1) is 24.8 Å². The standard InChI is InChI=1S/C17H27N5O.2ClH/c23-16(5-4-14-6-10-18-11-7-14)21-15-3-1-12-22(13-15)17-19-8-2-9-20-17;;/h2,8-9,14-15,18H,1,3-7,10-13H2,(H,21,23);2*1H. The van der Waals surface area contributed by atoms with Gasteiger partial charge in [0.15, 0.2) is 0 Å². The van der Waals surface area contributed by atoms with Crippen molar-refractivity contribution in [3.63, 3.8) is 0 Å². The van der Waals surface area contributed by atoms with Crippen LogP contribution in [0.25, 0.3) is 0 Å². The van der Waals surface area contributed by atoms with Crippen LogP contribution in [0.15, 0.2) is 18.5 Å². The molecule has 2 N–H and O–H groups in total. The van der Waals surface area contributed by atoms with Crippen LogP contribution in [0.2, 0.25) is 0 Å². The Labute approximate surface area is 162 Å². The fourth-order valence-corrected chi connectivity index (χ4v) is 3.54. The number of rotatable bonds is 5. The predicted molar refractivity (Wildman–Crippen MR) is 105 cm³/mol. The normalized spacial score (nSPS) is 21.0. The molecule has 8 heteroatoms. The predicted octanol–water partition coefficient (Wildman–Crippen LogP) is 2.18. The second kappa shape index (κ2) is 11.5. The zero-order valence-electron chi connectivity index (χ0n) is 14.5. The van der Waals surface area contributed by atoms with Crippen LogP contribution in [-0.4, -0.2) is 48.1 Å². The van der Waals surface area contributed by atoms with Crippen molar-refractivity contribution in [1.29, 1.82) is 0 Å². The lowest BCUT2D eigenvalue weighted by atomic mass is 9.93. The van der Waals surface area contributed by atoms with E-state index in [9.17, 15) is 4.79 Å². The van der Waals surface area contributed by atoms with E-state index in [1.165, 1.54) is 12.8 Å². The molecule has 0 radical (unpaired) electrons. The third kappa shape index (κ3) is 6.96. The van der Waals surface area contributed by atoms with Gasteiger partial charge in [-0.05, 0) is 57.2 Å². The summed E-state index contributed by atoms with van der Waals surface area (Å²) in [6.07, 6.45) is 9.73. The van der Waals surface area contributed by atoms with Crippen molar-refractivity contribution >= 4 is 36.7 Å². The van der Waals surface area contributed by atoms with Gasteiger partial charge in [-0.3, -0.25) is 4.79 Å².